The van der Waals surface area contributed by atoms with Crippen LogP contribution >= 0.6 is 0 Å². The van der Waals surface area contributed by atoms with E-state index in [1.807, 2.05) is 61.5 Å². The maximum atomic E-state index is 12.9. The highest BCUT2D eigenvalue weighted by Crippen LogP contribution is 2.28. The average molecular weight is 573 g/mol. The van der Waals surface area contributed by atoms with Gasteiger partial charge in [0.25, 0.3) is 10.1 Å². The molecule has 0 N–H and O–H groups in total. The van der Waals surface area contributed by atoms with Gasteiger partial charge in [-0.05, 0) is 54.8 Å². The Morgan fingerprint density at radius 3 is 2.37 bits per heavy atom. The molecule has 7 nitrogen and oxygen atoms in total. The number of carbonyl (C=O) groups excluding carboxylic acids is 1. The molecule has 4 rings (SSSR count). The standard InChI is InChI=1S/C33H36N2O5S/c1-4-27-15-18-33(39-20-9-21-40-41(37,38)30-16-13-25(2)14-17-30)29(22-27)24-35(26(3)36)32-12-8-19-34-31(32)23-28-10-6-5-7-11-28/h5-8,10-19,22H,4,9,20-21,23-24H2,1-3H3. The zero-order chi connectivity index (χ0) is 29.2. The fourth-order valence-corrected chi connectivity index (χ4v) is 5.38. The molecule has 0 bridgehead atoms. The van der Waals surface area contributed by atoms with Crippen molar-refractivity contribution in [3.05, 3.63) is 119 Å². The normalized spacial score (nSPS) is 11.3. The number of aryl methyl sites for hydroxylation is 2. The number of carbonyl (C=O) groups is 1. The van der Waals surface area contributed by atoms with Crippen LogP contribution in [0.1, 0.15) is 48.2 Å². The van der Waals surface area contributed by atoms with Gasteiger partial charge in [0.1, 0.15) is 5.75 Å². The number of hydrogen-bond donors (Lipinski definition) is 0. The van der Waals surface area contributed by atoms with Gasteiger partial charge in [-0.2, -0.15) is 8.42 Å². The summed E-state index contributed by atoms with van der Waals surface area (Å²) in [5, 5.41) is 0. The van der Waals surface area contributed by atoms with Crippen LogP contribution in [0.3, 0.4) is 0 Å². The molecule has 0 radical (unpaired) electrons. The first-order chi connectivity index (χ1) is 19.8. The van der Waals surface area contributed by atoms with E-state index in [0.29, 0.717) is 25.1 Å². The summed E-state index contributed by atoms with van der Waals surface area (Å²) in [6, 6.07) is 26.3. The summed E-state index contributed by atoms with van der Waals surface area (Å²) in [4.78, 5) is 19.4. The third kappa shape index (κ3) is 8.25. The lowest BCUT2D eigenvalue weighted by atomic mass is 10.0. The van der Waals surface area contributed by atoms with Crippen LogP contribution in [0.25, 0.3) is 0 Å². The Morgan fingerprint density at radius 2 is 1.66 bits per heavy atom. The van der Waals surface area contributed by atoms with Crippen LogP contribution in [0.15, 0.2) is 96.0 Å². The van der Waals surface area contributed by atoms with Crippen LogP contribution in [0.4, 0.5) is 5.69 Å². The molecule has 0 fully saturated rings. The van der Waals surface area contributed by atoms with Crippen molar-refractivity contribution in [3.63, 3.8) is 0 Å². The van der Waals surface area contributed by atoms with Crippen LogP contribution in [0.2, 0.25) is 0 Å². The van der Waals surface area contributed by atoms with Gasteiger partial charge in [0.05, 0.1) is 36.0 Å². The zero-order valence-electron chi connectivity index (χ0n) is 23.7. The van der Waals surface area contributed by atoms with E-state index < -0.39 is 10.1 Å². The molecule has 3 aromatic carbocycles. The number of aromatic nitrogens is 1. The maximum Gasteiger partial charge on any atom is 0.296 e. The molecule has 0 spiro atoms. The Hall–Kier alpha value is -4.01. The number of amides is 1. The molecule has 4 aromatic rings. The van der Waals surface area contributed by atoms with Crippen molar-refractivity contribution < 1.29 is 22.1 Å². The van der Waals surface area contributed by atoms with Gasteiger partial charge in [-0.1, -0.05) is 67.1 Å². The molecule has 1 amide bonds. The second kappa shape index (κ2) is 14.1. The van der Waals surface area contributed by atoms with Gasteiger partial charge in [-0.25, -0.2) is 0 Å². The van der Waals surface area contributed by atoms with Crippen molar-refractivity contribution in [2.45, 2.75) is 51.5 Å². The highest BCUT2D eigenvalue weighted by atomic mass is 32.2. The molecule has 0 aliphatic rings. The SMILES string of the molecule is CCc1ccc(OCCCOS(=O)(=O)c2ccc(C)cc2)c(CN(C(C)=O)c2cccnc2Cc2ccccc2)c1. The van der Waals surface area contributed by atoms with Gasteiger partial charge >= 0.3 is 0 Å². The minimum atomic E-state index is -3.83. The second-order valence-electron chi connectivity index (χ2n) is 9.82. The summed E-state index contributed by atoms with van der Waals surface area (Å²) in [5.41, 5.74) is 5.64. The number of ether oxygens (including phenoxy) is 1. The van der Waals surface area contributed by atoms with E-state index in [9.17, 15) is 13.2 Å². The van der Waals surface area contributed by atoms with Crippen LogP contribution in [-0.4, -0.2) is 32.5 Å². The summed E-state index contributed by atoms with van der Waals surface area (Å²) in [6.07, 6.45) is 3.56. The van der Waals surface area contributed by atoms with Crippen molar-refractivity contribution in [1.29, 1.82) is 0 Å². The van der Waals surface area contributed by atoms with Gasteiger partial charge in [-0.3, -0.25) is 14.0 Å². The van der Waals surface area contributed by atoms with E-state index in [1.54, 1.807) is 30.2 Å². The van der Waals surface area contributed by atoms with Crippen molar-refractivity contribution in [2.75, 3.05) is 18.1 Å². The smallest absolute Gasteiger partial charge is 0.296 e. The average Bonchev–Trinajstić information content (AvgIpc) is 2.97. The van der Waals surface area contributed by atoms with Crippen molar-refractivity contribution in [1.82, 2.24) is 4.98 Å². The number of nitrogens with zero attached hydrogens (tertiary/aromatic N) is 2. The molecule has 8 heteroatoms. The topological polar surface area (TPSA) is 85.8 Å². The minimum Gasteiger partial charge on any atom is -0.493 e. The lowest BCUT2D eigenvalue weighted by Crippen LogP contribution is -2.29. The minimum absolute atomic E-state index is 0.00329. The van der Waals surface area contributed by atoms with E-state index in [-0.39, 0.29) is 24.0 Å². The fourth-order valence-electron chi connectivity index (χ4n) is 4.44. The van der Waals surface area contributed by atoms with Crippen LogP contribution in [0, 0.1) is 6.92 Å². The molecule has 0 aliphatic carbocycles. The third-order valence-electron chi connectivity index (χ3n) is 6.71. The molecule has 0 aliphatic heterocycles. The van der Waals surface area contributed by atoms with Gasteiger partial charge in [0.15, 0.2) is 0 Å². The Balaban J connectivity index is 1.46. The van der Waals surface area contributed by atoms with Crippen molar-refractivity contribution in [3.8, 4) is 5.75 Å². The summed E-state index contributed by atoms with van der Waals surface area (Å²) in [6.45, 7) is 6.09. The number of anilines is 1. The Morgan fingerprint density at radius 1 is 0.902 bits per heavy atom. The first-order valence-electron chi connectivity index (χ1n) is 13.7. The molecule has 0 unspecified atom stereocenters. The lowest BCUT2D eigenvalue weighted by molar-refractivity contribution is -0.116. The van der Waals surface area contributed by atoms with Crippen molar-refractivity contribution >= 4 is 21.7 Å². The lowest BCUT2D eigenvalue weighted by Gasteiger charge is -2.25. The summed E-state index contributed by atoms with van der Waals surface area (Å²) in [5.74, 6) is 0.540. The molecule has 41 heavy (non-hydrogen) atoms. The van der Waals surface area contributed by atoms with E-state index in [4.69, 9.17) is 8.92 Å². The van der Waals surface area contributed by atoms with Gasteiger partial charge in [0.2, 0.25) is 5.91 Å². The highest BCUT2D eigenvalue weighted by Gasteiger charge is 2.20. The monoisotopic (exact) mass is 572 g/mol. The fraction of sp³-hybridized carbons (Fsp3) is 0.273. The van der Waals surface area contributed by atoms with E-state index in [1.165, 1.54) is 12.1 Å². The van der Waals surface area contributed by atoms with Crippen LogP contribution in [0.5, 0.6) is 5.75 Å². The predicted molar refractivity (Wildman–Crippen MR) is 161 cm³/mol. The number of rotatable bonds is 13. The Kier molecular flexibility index (Phi) is 10.3. The molecule has 1 aromatic heterocycles. The summed E-state index contributed by atoms with van der Waals surface area (Å²) >= 11 is 0. The molecule has 1 heterocycles. The van der Waals surface area contributed by atoms with Crippen molar-refractivity contribution in [2.24, 2.45) is 0 Å². The van der Waals surface area contributed by atoms with Crippen LogP contribution < -0.4 is 9.64 Å². The molecular formula is C33H36N2O5S. The highest BCUT2D eigenvalue weighted by molar-refractivity contribution is 7.86. The molecule has 214 valence electrons. The van der Waals surface area contributed by atoms with E-state index >= 15 is 0 Å². The van der Waals surface area contributed by atoms with E-state index in [2.05, 4.69) is 18.0 Å². The number of pyridine rings is 1. The Labute approximate surface area is 242 Å². The number of hydrogen-bond acceptors (Lipinski definition) is 6. The number of benzene rings is 3. The molecule has 0 saturated heterocycles. The molecule has 0 saturated carbocycles. The third-order valence-corrected chi connectivity index (χ3v) is 8.03. The van der Waals surface area contributed by atoms with Gasteiger partial charge in [0, 0.05) is 31.5 Å². The Bertz CT molecular complexity index is 1550. The quantitative estimate of drug-likeness (QED) is 0.139. The summed E-state index contributed by atoms with van der Waals surface area (Å²) in [7, 11) is -3.83. The first-order valence-corrected chi connectivity index (χ1v) is 15.1. The molecular weight excluding hydrogens is 536 g/mol. The van der Waals surface area contributed by atoms with E-state index in [0.717, 1.165) is 40.1 Å². The summed E-state index contributed by atoms with van der Waals surface area (Å²) < 4.78 is 36.2. The van der Waals surface area contributed by atoms with Crippen LogP contribution in [-0.2, 0) is 38.5 Å². The zero-order valence-corrected chi connectivity index (χ0v) is 24.6. The predicted octanol–water partition coefficient (Wildman–Crippen LogP) is 6.27. The maximum absolute atomic E-state index is 12.9. The van der Waals surface area contributed by atoms with Gasteiger partial charge in [-0.15, -0.1) is 0 Å². The second-order valence-corrected chi connectivity index (χ2v) is 11.4. The first kappa shape index (κ1) is 30.0. The largest absolute Gasteiger partial charge is 0.493 e. The van der Waals surface area contributed by atoms with Gasteiger partial charge < -0.3 is 9.64 Å². The molecule has 0 atom stereocenters.